The normalized spacial score (nSPS) is 19.3. The number of nitrogens with zero attached hydrogens (tertiary/aromatic N) is 5. The molecular formula is C19H31N5O. The van der Waals surface area contributed by atoms with Crippen LogP contribution in [0.2, 0.25) is 0 Å². The molecular weight excluding hydrogens is 314 g/mol. The second kappa shape index (κ2) is 7.30. The van der Waals surface area contributed by atoms with E-state index in [1.165, 1.54) is 0 Å². The van der Waals surface area contributed by atoms with E-state index in [4.69, 9.17) is 5.10 Å². The fraction of sp³-hybridized carbons (Fsp3) is 0.684. The van der Waals surface area contributed by atoms with E-state index < -0.39 is 0 Å². The first kappa shape index (κ1) is 18.1. The van der Waals surface area contributed by atoms with Crippen LogP contribution in [0.4, 0.5) is 5.82 Å². The van der Waals surface area contributed by atoms with E-state index in [1.807, 2.05) is 18.4 Å². The first-order chi connectivity index (χ1) is 11.9. The number of aliphatic hydroxyl groups is 1. The van der Waals surface area contributed by atoms with Crippen LogP contribution in [-0.4, -0.2) is 63.4 Å². The van der Waals surface area contributed by atoms with E-state index in [-0.39, 0.29) is 6.61 Å². The lowest BCUT2D eigenvalue weighted by atomic mass is 10.1. The van der Waals surface area contributed by atoms with E-state index >= 15 is 0 Å². The molecule has 0 spiro atoms. The van der Waals surface area contributed by atoms with Crippen molar-refractivity contribution >= 4 is 11.5 Å². The number of piperazine rings is 1. The van der Waals surface area contributed by atoms with Gasteiger partial charge in [-0.2, -0.15) is 9.61 Å². The smallest absolute Gasteiger partial charge is 0.160 e. The van der Waals surface area contributed by atoms with Crippen molar-refractivity contribution in [2.75, 3.05) is 37.7 Å². The number of aromatic nitrogens is 3. The number of anilines is 1. The van der Waals surface area contributed by atoms with E-state index in [2.05, 4.69) is 41.6 Å². The van der Waals surface area contributed by atoms with Crippen LogP contribution in [0.25, 0.3) is 5.65 Å². The Morgan fingerprint density at radius 3 is 2.68 bits per heavy atom. The van der Waals surface area contributed by atoms with Gasteiger partial charge in [0.25, 0.3) is 0 Å². The molecule has 0 aromatic carbocycles. The molecule has 0 unspecified atom stereocenters. The van der Waals surface area contributed by atoms with Crippen LogP contribution in [0.15, 0.2) is 6.07 Å². The van der Waals surface area contributed by atoms with Gasteiger partial charge in [0, 0.05) is 56.2 Å². The van der Waals surface area contributed by atoms with Crippen molar-refractivity contribution in [1.29, 1.82) is 0 Å². The van der Waals surface area contributed by atoms with Crippen LogP contribution in [0, 0.1) is 26.7 Å². The molecule has 1 N–H and O–H groups in total. The SMILES string of the molecule is Cc1cc(N2CCN(CC(C)C)[C@H](CCO)C2)n2nc(C)c(C)c2n1. The Hall–Kier alpha value is -1.66. The Morgan fingerprint density at radius 2 is 2.00 bits per heavy atom. The molecule has 1 aliphatic heterocycles. The minimum absolute atomic E-state index is 0.234. The molecule has 6 nitrogen and oxygen atoms in total. The number of aryl methyl sites for hydroxylation is 3. The van der Waals surface area contributed by atoms with E-state index in [1.54, 1.807) is 0 Å². The van der Waals surface area contributed by atoms with Gasteiger partial charge in [-0.05, 0) is 33.1 Å². The molecule has 6 heteroatoms. The van der Waals surface area contributed by atoms with Crippen molar-refractivity contribution in [3.8, 4) is 0 Å². The Morgan fingerprint density at radius 1 is 1.24 bits per heavy atom. The molecule has 1 saturated heterocycles. The quantitative estimate of drug-likeness (QED) is 0.900. The average molecular weight is 345 g/mol. The summed E-state index contributed by atoms with van der Waals surface area (Å²) in [6, 6.07) is 2.51. The molecule has 0 radical (unpaired) electrons. The second-order valence-electron chi connectivity index (χ2n) is 7.70. The molecule has 0 amide bonds. The van der Waals surface area contributed by atoms with Gasteiger partial charge in [-0.15, -0.1) is 0 Å². The highest BCUT2D eigenvalue weighted by Crippen LogP contribution is 2.25. The third kappa shape index (κ3) is 3.65. The molecule has 0 aliphatic carbocycles. The van der Waals surface area contributed by atoms with E-state index in [0.717, 1.165) is 61.0 Å². The highest BCUT2D eigenvalue weighted by Gasteiger charge is 2.28. The molecule has 0 bridgehead atoms. The van der Waals surface area contributed by atoms with E-state index in [0.29, 0.717) is 12.0 Å². The summed E-state index contributed by atoms with van der Waals surface area (Å²) < 4.78 is 1.99. The number of hydrogen-bond donors (Lipinski definition) is 1. The summed E-state index contributed by atoms with van der Waals surface area (Å²) in [5, 5.41) is 14.2. The number of hydrogen-bond acceptors (Lipinski definition) is 5. The molecule has 1 fully saturated rings. The van der Waals surface area contributed by atoms with Crippen molar-refractivity contribution in [3.63, 3.8) is 0 Å². The van der Waals surface area contributed by atoms with Crippen molar-refractivity contribution < 1.29 is 5.11 Å². The van der Waals surface area contributed by atoms with Crippen LogP contribution in [0.5, 0.6) is 0 Å². The molecule has 2 aromatic rings. The third-order valence-corrected chi connectivity index (χ3v) is 5.16. The zero-order valence-corrected chi connectivity index (χ0v) is 16.2. The zero-order valence-electron chi connectivity index (χ0n) is 16.2. The van der Waals surface area contributed by atoms with Crippen LogP contribution in [0.3, 0.4) is 0 Å². The van der Waals surface area contributed by atoms with Crippen LogP contribution in [0.1, 0.15) is 37.2 Å². The average Bonchev–Trinajstić information content (AvgIpc) is 2.83. The van der Waals surface area contributed by atoms with Crippen LogP contribution < -0.4 is 4.90 Å². The number of aliphatic hydroxyl groups excluding tert-OH is 1. The van der Waals surface area contributed by atoms with Crippen molar-refractivity contribution in [2.45, 2.75) is 47.1 Å². The van der Waals surface area contributed by atoms with Gasteiger partial charge in [-0.25, -0.2) is 4.98 Å². The topological polar surface area (TPSA) is 56.9 Å². The largest absolute Gasteiger partial charge is 0.396 e. The van der Waals surface area contributed by atoms with Crippen molar-refractivity contribution in [1.82, 2.24) is 19.5 Å². The monoisotopic (exact) mass is 345 g/mol. The maximum Gasteiger partial charge on any atom is 0.160 e. The highest BCUT2D eigenvalue weighted by atomic mass is 16.3. The summed E-state index contributed by atoms with van der Waals surface area (Å²) in [5.41, 5.74) is 4.16. The lowest BCUT2D eigenvalue weighted by Gasteiger charge is -2.43. The summed E-state index contributed by atoms with van der Waals surface area (Å²) in [5.74, 6) is 1.75. The molecule has 3 heterocycles. The van der Waals surface area contributed by atoms with Crippen molar-refractivity contribution in [2.24, 2.45) is 5.92 Å². The maximum atomic E-state index is 9.51. The van der Waals surface area contributed by atoms with Gasteiger partial charge in [-0.1, -0.05) is 13.8 Å². The van der Waals surface area contributed by atoms with Crippen LogP contribution in [-0.2, 0) is 0 Å². The lowest BCUT2D eigenvalue weighted by molar-refractivity contribution is 0.128. The number of rotatable bonds is 5. The van der Waals surface area contributed by atoms with E-state index in [9.17, 15) is 5.11 Å². The molecule has 25 heavy (non-hydrogen) atoms. The predicted molar refractivity (Wildman–Crippen MR) is 101 cm³/mol. The molecule has 2 aromatic heterocycles. The first-order valence-corrected chi connectivity index (χ1v) is 9.34. The molecule has 138 valence electrons. The summed E-state index contributed by atoms with van der Waals surface area (Å²) in [6.07, 6.45) is 0.813. The summed E-state index contributed by atoms with van der Waals surface area (Å²) in [6.45, 7) is 14.9. The number of fused-ring (bicyclic) bond motifs is 1. The van der Waals surface area contributed by atoms with Gasteiger partial charge in [0.2, 0.25) is 0 Å². The summed E-state index contributed by atoms with van der Waals surface area (Å²) in [4.78, 5) is 9.62. The van der Waals surface area contributed by atoms with Gasteiger partial charge in [0.05, 0.1) is 5.69 Å². The van der Waals surface area contributed by atoms with Crippen LogP contribution >= 0.6 is 0 Å². The Labute approximate surface area is 150 Å². The molecule has 0 saturated carbocycles. The Balaban J connectivity index is 1.92. The lowest BCUT2D eigenvalue weighted by Crippen LogP contribution is -2.54. The minimum Gasteiger partial charge on any atom is -0.396 e. The summed E-state index contributed by atoms with van der Waals surface area (Å²) >= 11 is 0. The minimum atomic E-state index is 0.234. The van der Waals surface area contributed by atoms with Gasteiger partial charge < -0.3 is 10.0 Å². The molecule has 1 aliphatic rings. The highest BCUT2D eigenvalue weighted by molar-refractivity contribution is 5.57. The fourth-order valence-electron chi connectivity index (χ4n) is 3.79. The predicted octanol–water partition coefficient (Wildman–Crippen LogP) is 2.18. The maximum absolute atomic E-state index is 9.51. The fourth-order valence-corrected chi connectivity index (χ4v) is 3.79. The summed E-state index contributed by atoms with van der Waals surface area (Å²) in [7, 11) is 0. The Kier molecular flexibility index (Phi) is 5.29. The third-order valence-electron chi connectivity index (χ3n) is 5.16. The Bertz CT molecular complexity index is 739. The standard InChI is InChI=1S/C19H31N5O/c1-13(2)11-22-7-8-23(12-17(22)6-9-25)18-10-14(3)20-19-15(4)16(5)21-24(18)19/h10,13,17,25H,6-9,11-12H2,1-5H3/t17-/m1/s1. The van der Waals surface area contributed by atoms with Gasteiger partial charge >= 0.3 is 0 Å². The van der Waals surface area contributed by atoms with Crippen molar-refractivity contribution in [3.05, 3.63) is 23.0 Å². The molecule has 3 rings (SSSR count). The van der Waals surface area contributed by atoms with Gasteiger partial charge in [-0.3, -0.25) is 4.90 Å². The molecule has 1 atom stereocenters. The zero-order chi connectivity index (χ0) is 18.1. The first-order valence-electron chi connectivity index (χ1n) is 9.34. The van der Waals surface area contributed by atoms with Gasteiger partial charge in [0.1, 0.15) is 5.82 Å². The van der Waals surface area contributed by atoms with Gasteiger partial charge in [0.15, 0.2) is 5.65 Å². The second-order valence-corrected chi connectivity index (χ2v) is 7.70.